The molecule has 2 aromatic carbocycles. The summed E-state index contributed by atoms with van der Waals surface area (Å²) in [7, 11) is 0. The highest BCUT2D eigenvalue weighted by atomic mass is 35.5. The zero-order valence-electron chi connectivity index (χ0n) is 17.5. The number of piperazine rings is 1. The molecule has 1 N–H and O–H groups in total. The third-order valence-electron chi connectivity index (χ3n) is 5.94. The smallest absolute Gasteiger partial charge is 0.261 e. The fourth-order valence-electron chi connectivity index (χ4n) is 4.25. The second-order valence-corrected chi connectivity index (χ2v) is 7.88. The number of nitrogens with one attached hydrogen (secondary N) is 1. The number of carbonyl (C=O) groups excluding carboxylic acids is 2. The first kappa shape index (κ1) is 24.0. The van der Waals surface area contributed by atoms with E-state index >= 15 is 0 Å². The summed E-state index contributed by atoms with van der Waals surface area (Å²) in [5, 5.41) is 8.17. The van der Waals surface area contributed by atoms with Gasteiger partial charge in [-0.25, -0.2) is 4.39 Å². The van der Waals surface area contributed by atoms with Crippen molar-refractivity contribution in [3.8, 4) is 0 Å². The summed E-state index contributed by atoms with van der Waals surface area (Å²) in [6, 6.07) is 10.0. The SMILES string of the molecule is Cc1ccc2c(c1)C(=O)N(CCN1CCN(c3n[nH]c4cc(F)ccc34)CC1)C2=O.Cl.Cl. The van der Waals surface area contributed by atoms with Crippen LogP contribution in [0.1, 0.15) is 26.3 Å². The van der Waals surface area contributed by atoms with Crippen LogP contribution >= 0.6 is 24.8 Å². The Morgan fingerprint density at radius 1 is 0.938 bits per heavy atom. The molecule has 3 aromatic rings. The highest BCUT2D eigenvalue weighted by Gasteiger charge is 2.35. The van der Waals surface area contributed by atoms with E-state index in [-0.39, 0.29) is 42.4 Å². The number of hydrogen-bond donors (Lipinski definition) is 1. The van der Waals surface area contributed by atoms with Crippen molar-refractivity contribution in [1.29, 1.82) is 0 Å². The van der Waals surface area contributed by atoms with E-state index < -0.39 is 0 Å². The van der Waals surface area contributed by atoms with Gasteiger partial charge in [0.05, 0.1) is 16.6 Å². The molecular weight excluding hydrogens is 456 g/mol. The van der Waals surface area contributed by atoms with Gasteiger partial charge in [0.1, 0.15) is 5.82 Å². The molecule has 2 amide bonds. The van der Waals surface area contributed by atoms with E-state index in [4.69, 9.17) is 0 Å². The van der Waals surface area contributed by atoms with Crippen LogP contribution in [0.15, 0.2) is 36.4 Å². The highest BCUT2D eigenvalue weighted by molar-refractivity contribution is 6.21. The molecule has 1 aromatic heterocycles. The number of aryl methyl sites for hydroxylation is 1. The second-order valence-electron chi connectivity index (χ2n) is 7.88. The summed E-state index contributed by atoms with van der Waals surface area (Å²) < 4.78 is 13.4. The van der Waals surface area contributed by atoms with Gasteiger partial charge in [0.25, 0.3) is 11.8 Å². The van der Waals surface area contributed by atoms with Crippen molar-refractivity contribution in [1.82, 2.24) is 20.0 Å². The number of rotatable bonds is 4. The predicted molar refractivity (Wildman–Crippen MR) is 126 cm³/mol. The average molecular weight is 480 g/mol. The van der Waals surface area contributed by atoms with Gasteiger partial charge in [-0.2, -0.15) is 5.10 Å². The topological polar surface area (TPSA) is 72.5 Å². The quantitative estimate of drug-likeness (QED) is 0.581. The first-order valence-electron chi connectivity index (χ1n) is 10.1. The van der Waals surface area contributed by atoms with Crippen molar-refractivity contribution in [2.45, 2.75) is 6.92 Å². The van der Waals surface area contributed by atoms with Crippen LogP contribution in [0.2, 0.25) is 0 Å². The fourth-order valence-corrected chi connectivity index (χ4v) is 4.25. The third kappa shape index (κ3) is 4.18. The van der Waals surface area contributed by atoms with Crippen LogP contribution in [0, 0.1) is 12.7 Å². The number of nitrogens with zero attached hydrogens (tertiary/aromatic N) is 4. The monoisotopic (exact) mass is 479 g/mol. The van der Waals surface area contributed by atoms with Gasteiger partial charge in [-0.1, -0.05) is 11.6 Å². The minimum absolute atomic E-state index is 0. The summed E-state index contributed by atoms with van der Waals surface area (Å²) in [6.45, 7) is 6.10. The van der Waals surface area contributed by atoms with E-state index in [0.29, 0.717) is 29.7 Å². The molecule has 0 atom stereocenters. The summed E-state index contributed by atoms with van der Waals surface area (Å²) in [5.74, 6) is 0.141. The molecule has 2 aliphatic heterocycles. The molecule has 7 nitrogen and oxygen atoms in total. The van der Waals surface area contributed by atoms with Crippen LogP contribution in [-0.4, -0.2) is 71.1 Å². The Kier molecular flexibility index (Phi) is 7.07. The van der Waals surface area contributed by atoms with Crippen LogP contribution in [0.3, 0.4) is 0 Å². The molecule has 10 heteroatoms. The Morgan fingerprint density at radius 2 is 1.66 bits per heavy atom. The molecule has 0 saturated carbocycles. The standard InChI is InChI=1S/C22H22FN5O2.2ClH/c1-14-2-4-16-18(12-14)22(30)28(21(16)29)11-8-26-6-9-27(10-7-26)20-17-5-3-15(23)13-19(17)24-25-20;;/h2-5,12-13H,6-11H2,1H3,(H,24,25);2*1H. The number of halogens is 3. The van der Waals surface area contributed by atoms with Gasteiger partial charge in [-0.15, -0.1) is 24.8 Å². The molecule has 3 heterocycles. The van der Waals surface area contributed by atoms with Crippen LogP contribution in [-0.2, 0) is 0 Å². The first-order valence-corrected chi connectivity index (χ1v) is 10.1. The fraction of sp³-hybridized carbons (Fsp3) is 0.318. The Bertz CT molecular complexity index is 1160. The predicted octanol–water partition coefficient (Wildman–Crippen LogP) is 3.27. The van der Waals surface area contributed by atoms with Gasteiger partial charge >= 0.3 is 0 Å². The summed E-state index contributed by atoms with van der Waals surface area (Å²) in [4.78, 5) is 31.0. The van der Waals surface area contributed by atoms with E-state index in [1.807, 2.05) is 13.0 Å². The van der Waals surface area contributed by atoms with Gasteiger partial charge in [0.15, 0.2) is 5.82 Å². The molecule has 0 spiro atoms. The molecule has 0 radical (unpaired) electrons. The number of amides is 2. The summed E-state index contributed by atoms with van der Waals surface area (Å²) >= 11 is 0. The van der Waals surface area contributed by atoms with Gasteiger partial charge in [-0.05, 0) is 37.3 Å². The second kappa shape index (κ2) is 9.44. The maximum absolute atomic E-state index is 13.4. The number of imide groups is 1. The zero-order chi connectivity index (χ0) is 20.8. The normalized spacial score (nSPS) is 16.2. The Morgan fingerprint density at radius 3 is 2.41 bits per heavy atom. The number of fused-ring (bicyclic) bond motifs is 2. The number of aromatic nitrogens is 2. The molecule has 0 unspecified atom stereocenters. The number of H-pyrrole nitrogens is 1. The lowest BCUT2D eigenvalue weighted by Gasteiger charge is -2.35. The largest absolute Gasteiger partial charge is 0.352 e. The minimum Gasteiger partial charge on any atom is -0.352 e. The van der Waals surface area contributed by atoms with Crippen molar-refractivity contribution in [2.24, 2.45) is 0 Å². The van der Waals surface area contributed by atoms with Crippen molar-refractivity contribution >= 4 is 53.3 Å². The van der Waals surface area contributed by atoms with E-state index in [9.17, 15) is 14.0 Å². The van der Waals surface area contributed by atoms with E-state index in [1.54, 1.807) is 18.2 Å². The summed E-state index contributed by atoms with van der Waals surface area (Å²) in [5.41, 5.74) is 2.67. The molecule has 2 aliphatic rings. The van der Waals surface area contributed by atoms with Gasteiger partial charge in [0, 0.05) is 44.7 Å². The molecule has 0 aliphatic carbocycles. The van der Waals surface area contributed by atoms with Crippen LogP contribution in [0.4, 0.5) is 10.2 Å². The maximum Gasteiger partial charge on any atom is 0.261 e. The lowest BCUT2D eigenvalue weighted by Crippen LogP contribution is -2.49. The number of hydrogen-bond acceptors (Lipinski definition) is 5. The van der Waals surface area contributed by atoms with Crippen molar-refractivity contribution < 1.29 is 14.0 Å². The lowest BCUT2D eigenvalue weighted by molar-refractivity contribution is 0.0635. The third-order valence-corrected chi connectivity index (χ3v) is 5.94. The van der Waals surface area contributed by atoms with E-state index in [2.05, 4.69) is 20.0 Å². The molecule has 0 bridgehead atoms. The molecule has 5 rings (SSSR count). The minimum atomic E-state index is -0.286. The lowest BCUT2D eigenvalue weighted by atomic mass is 10.1. The number of benzene rings is 2. The Labute approximate surface area is 197 Å². The van der Waals surface area contributed by atoms with E-state index in [0.717, 1.165) is 42.9 Å². The maximum atomic E-state index is 13.4. The Balaban J connectivity index is 0.00000144. The van der Waals surface area contributed by atoms with Crippen LogP contribution in [0.5, 0.6) is 0 Å². The molecule has 1 fully saturated rings. The molecule has 1 saturated heterocycles. The van der Waals surface area contributed by atoms with Gasteiger partial charge in [-0.3, -0.25) is 24.5 Å². The number of carbonyl (C=O) groups is 2. The zero-order valence-corrected chi connectivity index (χ0v) is 19.1. The molecule has 32 heavy (non-hydrogen) atoms. The van der Waals surface area contributed by atoms with Crippen LogP contribution in [0.25, 0.3) is 10.9 Å². The summed E-state index contributed by atoms with van der Waals surface area (Å²) in [6.07, 6.45) is 0. The first-order chi connectivity index (χ1) is 14.5. The molecular formula is C22H24Cl2FN5O2. The van der Waals surface area contributed by atoms with Crippen molar-refractivity contribution in [3.63, 3.8) is 0 Å². The van der Waals surface area contributed by atoms with Crippen molar-refractivity contribution in [3.05, 3.63) is 58.9 Å². The van der Waals surface area contributed by atoms with Gasteiger partial charge < -0.3 is 4.90 Å². The average Bonchev–Trinajstić information content (AvgIpc) is 3.26. The number of anilines is 1. The Hall–Kier alpha value is -2.68. The molecule has 170 valence electrons. The number of aromatic amines is 1. The van der Waals surface area contributed by atoms with Crippen LogP contribution < -0.4 is 4.90 Å². The van der Waals surface area contributed by atoms with Crippen molar-refractivity contribution in [2.75, 3.05) is 44.2 Å². The van der Waals surface area contributed by atoms with Gasteiger partial charge in [0.2, 0.25) is 0 Å². The highest BCUT2D eigenvalue weighted by Crippen LogP contribution is 2.26. The van der Waals surface area contributed by atoms with E-state index in [1.165, 1.54) is 17.0 Å².